The van der Waals surface area contributed by atoms with Gasteiger partial charge in [0, 0.05) is 47.9 Å². The van der Waals surface area contributed by atoms with E-state index in [0.717, 1.165) is 13.0 Å². The number of benzene rings is 2. The van der Waals surface area contributed by atoms with Crippen molar-refractivity contribution >= 4 is 32.5 Å². The molecule has 2 heterocycles. The predicted octanol–water partition coefficient (Wildman–Crippen LogP) is 5.85. The Morgan fingerprint density at radius 1 is 1.10 bits per heavy atom. The van der Waals surface area contributed by atoms with Gasteiger partial charge in [-0.3, -0.25) is 14.5 Å². The van der Waals surface area contributed by atoms with Gasteiger partial charge in [-0.15, -0.1) is 0 Å². The summed E-state index contributed by atoms with van der Waals surface area (Å²) >= 11 is 0. The zero-order valence-corrected chi connectivity index (χ0v) is 22.9. The molecule has 0 spiro atoms. The van der Waals surface area contributed by atoms with E-state index in [1.165, 1.54) is 36.5 Å². The maximum absolute atomic E-state index is 13.1. The molecule has 4 rings (SSSR count). The van der Waals surface area contributed by atoms with Gasteiger partial charge in [-0.2, -0.15) is 13.2 Å². The van der Waals surface area contributed by atoms with Crippen molar-refractivity contribution < 1.29 is 31.5 Å². The highest BCUT2D eigenvalue weighted by Crippen LogP contribution is 2.33. The Hall–Kier alpha value is -3.70. The topological polar surface area (TPSA) is 99.6 Å². The fourth-order valence-electron chi connectivity index (χ4n) is 4.65. The molecule has 2 N–H and O–H groups in total. The molecule has 1 aromatic heterocycles. The molecule has 212 valence electrons. The molecule has 11 heteroatoms. The molecular formula is C29H30F3N3O4S. The highest BCUT2D eigenvalue weighted by molar-refractivity contribution is 7.93. The van der Waals surface area contributed by atoms with E-state index in [-0.39, 0.29) is 48.8 Å². The molecule has 1 aliphatic heterocycles. The monoisotopic (exact) mass is 573 g/mol. The summed E-state index contributed by atoms with van der Waals surface area (Å²) in [6.07, 6.45) is 0.168. The zero-order valence-electron chi connectivity index (χ0n) is 22.1. The standard InChI is InChI=1S/C29H30F3N3O4S/c1-3-21(18-20(2)29(30,31)32)19-28(37)13-16-35(17-14-28)27(36)23-9-11-24(12-10-23)34-40(38,39)25-8-4-6-22-7-5-15-33-26(22)25/h3-12,15,18,34,37H,13-14,16-17,19H2,1-2H3/b20-18+,21-3+. The summed E-state index contributed by atoms with van der Waals surface area (Å²) in [6.45, 7) is 3.08. The van der Waals surface area contributed by atoms with E-state index in [1.54, 1.807) is 42.2 Å². The molecule has 3 aromatic rings. The number of para-hydroxylation sites is 1. The second kappa shape index (κ2) is 11.4. The van der Waals surface area contributed by atoms with Crippen LogP contribution in [0.1, 0.15) is 43.5 Å². The van der Waals surface area contributed by atoms with Crippen LogP contribution in [0.2, 0.25) is 0 Å². The Balaban J connectivity index is 1.39. The van der Waals surface area contributed by atoms with Gasteiger partial charge in [0.25, 0.3) is 15.9 Å². The molecule has 0 atom stereocenters. The maximum Gasteiger partial charge on any atom is 0.412 e. The summed E-state index contributed by atoms with van der Waals surface area (Å²) in [7, 11) is -3.94. The van der Waals surface area contributed by atoms with Crippen LogP contribution in [-0.2, 0) is 10.0 Å². The Bertz CT molecular complexity index is 1550. The van der Waals surface area contributed by atoms with Crippen molar-refractivity contribution in [3.05, 3.63) is 89.7 Å². The van der Waals surface area contributed by atoms with Crippen LogP contribution in [0.25, 0.3) is 10.9 Å². The minimum absolute atomic E-state index is 0.0386. The quantitative estimate of drug-likeness (QED) is 0.346. The number of likely N-dealkylation sites (tertiary alicyclic amines) is 1. The molecular weight excluding hydrogens is 543 g/mol. The number of piperidine rings is 1. The highest BCUT2D eigenvalue weighted by Gasteiger charge is 2.35. The van der Waals surface area contributed by atoms with Crippen molar-refractivity contribution in [2.75, 3.05) is 17.8 Å². The first-order valence-corrected chi connectivity index (χ1v) is 14.2. The van der Waals surface area contributed by atoms with Crippen molar-refractivity contribution in [1.29, 1.82) is 0 Å². The van der Waals surface area contributed by atoms with E-state index < -0.39 is 27.4 Å². The number of sulfonamides is 1. The normalized spacial score (nSPS) is 16.7. The number of fused-ring (bicyclic) bond motifs is 1. The van der Waals surface area contributed by atoms with Crippen LogP contribution in [0, 0.1) is 0 Å². The molecule has 40 heavy (non-hydrogen) atoms. The Labute approximate surface area is 231 Å². The number of nitrogens with one attached hydrogen (secondary N) is 1. The number of aromatic nitrogens is 1. The number of nitrogens with zero attached hydrogens (tertiary/aromatic N) is 2. The summed E-state index contributed by atoms with van der Waals surface area (Å²) in [5.74, 6) is -0.284. The highest BCUT2D eigenvalue weighted by atomic mass is 32.2. The number of carbonyl (C=O) groups excluding carboxylic acids is 1. The first kappa shape index (κ1) is 29.3. The first-order chi connectivity index (χ1) is 18.8. The minimum atomic E-state index is -4.44. The molecule has 7 nitrogen and oxygen atoms in total. The van der Waals surface area contributed by atoms with Crippen LogP contribution in [0.4, 0.5) is 18.9 Å². The number of anilines is 1. The van der Waals surface area contributed by atoms with Crippen LogP contribution in [0.5, 0.6) is 0 Å². The Kier molecular flexibility index (Phi) is 8.36. The third kappa shape index (κ3) is 6.71. The van der Waals surface area contributed by atoms with E-state index in [4.69, 9.17) is 0 Å². The largest absolute Gasteiger partial charge is 0.412 e. The second-order valence-electron chi connectivity index (χ2n) is 9.90. The molecule has 1 fully saturated rings. The van der Waals surface area contributed by atoms with Gasteiger partial charge in [0.05, 0.1) is 11.1 Å². The average molecular weight is 574 g/mol. The third-order valence-electron chi connectivity index (χ3n) is 7.00. The molecule has 1 saturated heterocycles. The van der Waals surface area contributed by atoms with Gasteiger partial charge in [-0.1, -0.05) is 30.4 Å². The summed E-state index contributed by atoms with van der Waals surface area (Å²) in [4.78, 5) is 18.9. The second-order valence-corrected chi connectivity index (χ2v) is 11.5. The molecule has 1 aliphatic rings. The van der Waals surface area contributed by atoms with Gasteiger partial charge in [0.2, 0.25) is 0 Å². The fraction of sp³-hybridized carbons (Fsp3) is 0.310. The summed E-state index contributed by atoms with van der Waals surface area (Å²) in [6, 6.07) is 14.4. The van der Waals surface area contributed by atoms with E-state index in [2.05, 4.69) is 9.71 Å². The van der Waals surface area contributed by atoms with Crippen LogP contribution in [0.3, 0.4) is 0 Å². The smallest absolute Gasteiger partial charge is 0.389 e. The summed E-state index contributed by atoms with van der Waals surface area (Å²) < 4.78 is 67.4. The van der Waals surface area contributed by atoms with Crippen LogP contribution in [0.15, 0.2) is 89.0 Å². The molecule has 1 amide bonds. The maximum atomic E-state index is 13.1. The fourth-order valence-corrected chi connectivity index (χ4v) is 5.88. The van der Waals surface area contributed by atoms with Gasteiger partial charge in [0.1, 0.15) is 4.90 Å². The van der Waals surface area contributed by atoms with Gasteiger partial charge >= 0.3 is 6.18 Å². The molecule has 0 bridgehead atoms. The number of amides is 1. The lowest BCUT2D eigenvalue weighted by Crippen LogP contribution is -2.46. The number of allylic oxidation sites excluding steroid dienone is 3. The van der Waals surface area contributed by atoms with Crippen LogP contribution >= 0.6 is 0 Å². The van der Waals surface area contributed by atoms with E-state index in [9.17, 15) is 31.5 Å². The number of hydrogen-bond donors (Lipinski definition) is 2. The van der Waals surface area contributed by atoms with Crippen molar-refractivity contribution in [1.82, 2.24) is 9.88 Å². The van der Waals surface area contributed by atoms with Gasteiger partial charge in [0.15, 0.2) is 0 Å². The van der Waals surface area contributed by atoms with E-state index in [0.29, 0.717) is 22.0 Å². The number of halogens is 3. The zero-order chi connectivity index (χ0) is 29.1. The lowest BCUT2D eigenvalue weighted by atomic mass is 9.84. The lowest BCUT2D eigenvalue weighted by Gasteiger charge is -2.38. The Morgan fingerprint density at radius 2 is 1.75 bits per heavy atom. The third-order valence-corrected chi connectivity index (χ3v) is 8.42. The SMILES string of the molecule is C/C=C(\C=C(/C)C(F)(F)F)CC1(O)CCN(C(=O)c2ccc(NS(=O)(=O)c3cccc4cccnc34)cc2)CC1. The van der Waals surface area contributed by atoms with Gasteiger partial charge in [-0.25, -0.2) is 8.42 Å². The number of hydrogen-bond acceptors (Lipinski definition) is 5. The average Bonchev–Trinajstić information content (AvgIpc) is 2.92. The summed E-state index contributed by atoms with van der Waals surface area (Å²) in [5.41, 5.74) is -0.607. The Morgan fingerprint density at radius 3 is 2.38 bits per heavy atom. The van der Waals surface area contributed by atoms with Crippen molar-refractivity contribution in [2.45, 2.75) is 49.8 Å². The molecule has 2 aromatic carbocycles. The number of rotatable bonds is 7. The van der Waals surface area contributed by atoms with Crippen molar-refractivity contribution in [3.8, 4) is 0 Å². The molecule has 0 radical (unpaired) electrons. The first-order valence-electron chi connectivity index (χ1n) is 12.7. The number of aliphatic hydroxyl groups is 1. The van der Waals surface area contributed by atoms with Gasteiger partial charge < -0.3 is 10.0 Å². The van der Waals surface area contributed by atoms with Gasteiger partial charge in [-0.05, 0) is 68.7 Å². The molecule has 0 aliphatic carbocycles. The van der Waals surface area contributed by atoms with Crippen LogP contribution < -0.4 is 4.72 Å². The van der Waals surface area contributed by atoms with Crippen molar-refractivity contribution in [3.63, 3.8) is 0 Å². The number of pyridine rings is 1. The lowest BCUT2D eigenvalue weighted by molar-refractivity contribution is -0.0915. The number of alkyl halides is 3. The molecule has 0 unspecified atom stereocenters. The minimum Gasteiger partial charge on any atom is -0.389 e. The summed E-state index contributed by atoms with van der Waals surface area (Å²) in [5, 5.41) is 11.7. The van der Waals surface area contributed by atoms with Crippen molar-refractivity contribution in [2.24, 2.45) is 0 Å². The molecule has 0 saturated carbocycles. The predicted molar refractivity (Wildman–Crippen MR) is 147 cm³/mol. The van der Waals surface area contributed by atoms with E-state index in [1.807, 2.05) is 0 Å². The number of carbonyl (C=O) groups is 1. The van der Waals surface area contributed by atoms with Crippen LogP contribution in [-0.4, -0.2) is 54.2 Å². The van der Waals surface area contributed by atoms with E-state index >= 15 is 0 Å².